The third kappa shape index (κ3) is 4.98. The predicted molar refractivity (Wildman–Crippen MR) is 97.8 cm³/mol. The van der Waals surface area contributed by atoms with Crippen molar-refractivity contribution in [2.24, 2.45) is 0 Å². The summed E-state index contributed by atoms with van der Waals surface area (Å²) in [5.74, 6) is -0.887. The van der Waals surface area contributed by atoms with Gasteiger partial charge in [-0.1, -0.05) is 43.7 Å². The second kappa shape index (κ2) is 8.23. The van der Waals surface area contributed by atoms with Crippen molar-refractivity contribution in [3.05, 3.63) is 35.9 Å². The fraction of sp³-hybridized carbons (Fsp3) is 0.579. The number of cyclic esters (lactones) is 1. The van der Waals surface area contributed by atoms with Gasteiger partial charge in [-0.05, 0) is 24.2 Å². The number of hydrogen-bond acceptors (Lipinski definition) is 5. The Labute approximate surface area is 153 Å². The summed E-state index contributed by atoms with van der Waals surface area (Å²) in [6.45, 7) is 2.02. The largest absolute Gasteiger partial charge is 0.481 e. The molecule has 1 aromatic rings. The van der Waals surface area contributed by atoms with Crippen LogP contribution < -0.4 is 0 Å². The van der Waals surface area contributed by atoms with Gasteiger partial charge in [-0.25, -0.2) is 0 Å². The van der Waals surface area contributed by atoms with E-state index in [0.29, 0.717) is 0 Å². The van der Waals surface area contributed by atoms with Crippen molar-refractivity contribution in [3.8, 4) is 0 Å². The van der Waals surface area contributed by atoms with Crippen LogP contribution in [0.15, 0.2) is 30.3 Å². The number of unbranched alkanes of at least 4 members (excludes halogenated alkanes) is 1. The molecule has 1 fully saturated rings. The molecule has 0 bridgehead atoms. The van der Waals surface area contributed by atoms with Crippen LogP contribution in [0.2, 0.25) is 0 Å². The quantitative estimate of drug-likeness (QED) is 0.374. The zero-order chi connectivity index (χ0) is 18.5. The van der Waals surface area contributed by atoms with Gasteiger partial charge in [-0.3, -0.25) is 9.59 Å². The number of carboxylic acids is 1. The molecule has 138 valence electrons. The second-order valence-corrected chi connectivity index (χ2v) is 7.57. The number of ether oxygens (including phenoxy) is 1. The van der Waals surface area contributed by atoms with Gasteiger partial charge in [0.1, 0.15) is 6.10 Å². The zero-order valence-corrected chi connectivity index (χ0v) is 15.4. The van der Waals surface area contributed by atoms with Crippen LogP contribution in [-0.4, -0.2) is 39.6 Å². The van der Waals surface area contributed by atoms with Gasteiger partial charge in [0.15, 0.2) is 0 Å². The highest BCUT2D eigenvalue weighted by atomic mass is 32.1. The van der Waals surface area contributed by atoms with Gasteiger partial charge in [0.25, 0.3) is 0 Å². The van der Waals surface area contributed by atoms with Gasteiger partial charge in [-0.15, -0.1) is 0 Å². The molecule has 2 N–H and O–H groups in total. The van der Waals surface area contributed by atoms with Crippen molar-refractivity contribution in [3.63, 3.8) is 0 Å². The average Bonchev–Trinajstić information content (AvgIpc) is 2.53. The predicted octanol–water partition coefficient (Wildman–Crippen LogP) is 2.96. The van der Waals surface area contributed by atoms with Crippen LogP contribution in [0.5, 0.6) is 0 Å². The number of thiol groups is 1. The summed E-state index contributed by atoms with van der Waals surface area (Å²) in [4.78, 5) is 23.2. The second-order valence-electron chi connectivity index (χ2n) is 7.12. The number of carboxylic acid groups (broad SMARTS) is 1. The molecule has 0 saturated carbocycles. The molecule has 3 atom stereocenters. The van der Waals surface area contributed by atoms with Gasteiger partial charge in [0.05, 0.1) is 18.4 Å². The Morgan fingerprint density at radius 2 is 2.04 bits per heavy atom. The molecule has 1 aliphatic rings. The van der Waals surface area contributed by atoms with E-state index in [-0.39, 0.29) is 12.8 Å². The first-order valence-corrected chi connectivity index (χ1v) is 9.22. The Morgan fingerprint density at radius 1 is 1.36 bits per heavy atom. The lowest BCUT2D eigenvalue weighted by atomic mass is 9.69. The van der Waals surface area contributed by atoms with Gasteiger partial charge in [-0.2, -0.15) is 12.6 Å². The van der Waals surface area contributed by atoms with E-state index >= 15 is 0 Å². The smallest absolute Gasteiger partial charge is 0.309 e. The fourth-order valence-electron chi connectivity index (χ4n) is 3.61. The molecule has 6 heteroatoms. The zero-order valence-electron chi connectivity index (χ0n) is 14.5. The number of hydrogen-bond donors (Lipinski definition) is 3. The van der Waals surface area contributed by atoms with Crippen LogP contribution in [-0.2, 0) is 19.7 Å². The monoisotopic (exact) mass is 366 g/mol. The first kappa shape index (κ1) is 19.8. The number of carbonyl (C=O) groups excluding carboxylic acids is 1. The minimum atomic E-state index is -1.56. The fourth-order valence-corrected chi connectivity index (χ4v) is 3.84. The summed E-state index contributed by atoms with van der Waals surface area (Å²) in [5, 5.41) is 19.7. The number of aliphatic carboxylic acids is 1. The Kier molecular flexibility index (Phi) is 6.52. The summed E-state index contributed by atoms with van der Waals surface area (Å²) >= 11 is 4.25. The number of aliphatic hydroxyl groups is 1. The minimum Gasteiger partial charge on any atom is -0.481 e. The summed E-state index contributed by atoms with van der Waals surface area (Å²) in [5.41, 5.74) is -1.04. The Hall–Kier alpha value is -1.53. The Morgan fingerprint density at radius 3 is 2.64 bits per heavy atom. The molecule has 0 aliphatic carbocycles. The molecule has 0 radical (unpaired) electrons. The van der Waals surface area contributed by atoms with Crippen molar-refractivity contribution < 1.29 is 24.5 Å². The van der Waals surface area contributed by atoms with Crippen molar-refractivity contribution in [1.29, 1.82) is 0 Å². The maximum Gasteiger partial charge on any atom is 0.309 e. The summed E-state index contributed by atoms with van der Waals surface area (Å²) < 4.78 is 5.60. The summed E-state index contributed by atoms with van der Waals surface area (Å²) in [7, 11) is 0. The average molecular weight is 366 g/mol. The maximum absolute atomic E-state index is 12.1. The molecular weight excluding hydrogens is 340 g/mol. The lowest BCUT2D eigenvalue weighted by molar-refractivity contribution is -0.180. The maximum atomic E-state index is 12.1. The molecule has 1 heterocycles. The molecule has 0 spiro atoms. The molecule has 25 heavy (non-hydrogen) atoms. The number of carbonyl (C=O) groups is 2. The van der Waals surface area contributed by atoms with E-state index in [1.165, 1.54) is 0 Å². The first-order valence-electron chi connectivity index (χ1n) is 8.59. The van der Waals surface area contributed by atoms with E-state index in [1.54, 1.807) is 0 Å². The Balaban J connectivity index is 2.32. The normalized spacial score (nSPS) is 25.9. The van der Waals surface area contributed by atoms with Crippen LogP contribution in [0, 0.1) is 0 Å². The van der Waals surface area contributed by atoms with E-state index in [9.17, 15) is 14.7 Å². The van der Waals surface area contributed by atoms with Gasteiger partial charge in [0, 0.05) is 11.8 Å². The lowest BCUT2D eigenvalue weighted by Gasteiger charge is -2.44. The highest BCUT2D eigenvalue weighted by molar-refractivity contribution is 7.80. The number of benzene rings is 1. The van der Waals surface area contributed by atoms with E-state index in [2.05, 4.69) is 12.6 Å². The molecule has 1 aromatic carbocycles. The van der Waals surface area contributed by atoms with E-state index in [1.807, 2.05) is 37.3 Å². The Bertz CT molecular complexity index is 601. The van der Waals surface area contributed by atoms with Crippen LogP contribution in [0.3, 0.4) is 0 Å². The number of esters is 1. The third-order valence-electron chi connectivity index (χ3n) is 5.04. The molecule has 0 aromatic heterocycles. The minimum absolute atomic E-state index is 0.122. The van der Waals surface area contributed by atoms with Crippen molar-refractivity contribution in [2.75, 3.05) is 5.75 Å². The summed E-state index contributed by atoms with van der Waals surface area (Å²) in [6.07, 6.45) is 1.42. The molecule has 5 nitrogen and oxygen atoms in total. The standard InChI is InChI=1S/C19H26O5S/c1-18(9-5-6-10-25,14-7-3-2-4-8-14)15-11-19(23,12-16(20)21)13-17(22)24-15/h2-4,7-8,15,23,25H,5-6,9-13H2,1H3,(H,20,21). The molecule has 1 saturated heterocycles. The van der Waals surface area contributed by atoms with Crippen molar-refractivity contribution in [1.82, 2.24) is 0 Å². The van der Waals surface area contributed by atoms with Crippen molar-refractivity contribution >= 4 is 24.6 Å². The SMILES string of the molecule is CC(CCCCS)(c1ccccc1)C1CC(O)(CC(=O)O)CC(=O)O1. The van der Waals surface area contributed by atoms with E-state index < -0.39 is 35.5 Å². The molecule has 3 unspecified atom stereocenters. The first-order chi connectivity index (χ1) is 11.8. The van der Waals surface area contributed by atoms with Crippen LogP contribution in [0.25, 0.3) is 0 Å². The summed E-state index contributed by atoms with van der Waals surface area (Å²) in [6, 6.07) is 9.75. The molecular formula is C19H26O5S. The molecule has 0 amide bonds. The van der Waals surface area contributed by atoms with Crippen molar-refractivity contribution in [2.45, 2.75) is 62.6 Å². The van der Waals surface area contributed by atoms with Crippen LogP contribution in [0.4, 0.5) is 0 Å². The van der Waals surface area contributed by atoms with Gasteiger partial charge in [0.2, 0.25) is 0 Å². The highest BCUT2D eigenvalue weighted by Gasteiger charge is 2.48. The molecule has 2 rings (SSSR count). The number of rotatable bonds is 8. The van der Waals surface area contributed by atoms with E-state index in [4.69, 9.17) is 9.84 Å². The third-order valence-corrected chi connectivity index (χ3v) is 5.36. The van der Waals surface area contributed by atoms with Gasteiger partial charge < -0.3 is 14.9 Å². The van der Waals surface area contributed by atoms with E-state index in [0.717, 1.165) is 30.6 Å². The van der Waals surface area contributed by atoms with Crippen LogP contribution in [0.1, 0.15) is 51.0 Å². The molecule has 1 aliphatic heterocycles. The highest BCUT2D eigenvalue weighted by Crippen LogP contribution is 2.42. The van der Waals surface area contributed by atoms with Crippen LogP contribution >= 0.6 is 12.6 Å². The lowest BCUT2D eigenvalue weighted by Crippen LogP contribution is -2.52. The topological polar surface area (TPSA) is 83.8 Å². The van der Waals surface area contributed by atoms with Gasteiger partial charge >= 0.3 is 11.9 Å².